The van der Waals surface area contributed by atoms with E-state index >= 15 is 0 Å². The molecule has 0 fully saturated rings. The minimum Gasteiger partial charge on any atom is -0.345 e. The van der Waals surface area contributed by atoms with Crippen molar-refractivity contribution in [3.8, 4) is 6.07 Å². The third kappa shape index (κ3) is 5.78. The van der Waals surface area contributed by atoms with Crippen molar-refractivity contribution in [1.29, 1.82) is 5.26 Å². The molecular formula is C17H22N2O2. The fraction of sp³-hybridized carbons (Fsp3) is 0.471. The lowest BCUT2D eigenvalue weighted by Gasteiger charge is -2.14. The highest BCUT2D eigenvalue weighted by atomic mass is 16.2. The summed E-state index contributed by atoms with van der Waals surface area (Å²) in [5.74, 6) is -0.110. The van der Waals surface area contributed by atoms with E-state index in [4.69, 9.17) is 5.26 Å². The van der Waals surface area contributed by atoms with Crippen LogP contribution in [0, 0.1) is 11.3 Å². The Morgan fingerprint density at radius 1 is 1.19 bits per heavy atom. The second-order valence-electron chi connectivity index (χ2n) is 5.09. The molecule has 112 valence electrons. The summed E-state index contributed by atoms with van der Waals surface area (Å²) in [5, 5.41) is 8.48. The normalized spacial score (nSPS) is 9.95. The molecular weight excluding hydrogens is 264 g/mol. The zero-order valence-corrected chi connectivity index (χ0v) is 12.8. The van der Waals surface area contributed by atoms with E-state index in [1.807, 2.05) is 30.3 Å². The number of hydrogen-bond donors (Lipinski definition) is 0. The van der Waals surface area contributed by atoms with E-state index in [1.165, 1.54) is 10.5 Å². The lowest BCUT2D eigenvalue weighted by molar-refractivity contribution is -0.129. The molecule has 1 rings (SSSR count). The lowest BCUT2D eigenvalue weighted by atomic mass is 10.0. The molecule has 0 aliphatic carbocycles. The molecule has 4 nitrogen and oxygen atoms in total. The number of aryl methyl sites for hydroxylation is 1. The minimum atomic E-state index is -0.0961. The number of benzene rings is 1. The molecule has 21 heavy (non-hydrogen) atoms. The van der Waals surface area contributed by atoms with Crippen LogP contribution in [-0.4, -0.2) is 30.2 Å². The van der Waals surface area contributed by atoms with Crippen molar-refractivity contribution < 1.29 is 9.59 Å². The Morgan fingerprint density at radius 2 is 1.86 bits per heavy atom. The number of rotatable bonds is 8. The van der Waals surface area contributed by atoms with Gasteiger partial charge in [-0.05, 0) is 12.0 Å². The molecule has 0 radical (unpaired) electrons. The average molecular weight is 286 g/mol. The highest BCUT2D eigenvalue weighted by Crippen LogP contribution is 2.10. The minimum absolute atomic E-state index is 0.0138. The van der Waals surface area contributed by atoms with Crippen LogP contribution in [0.15, 0.2) is 24.3 Å². The summed E-state index contributed by atoms with van der Waals surface area (Å²) < 4.78 is 0. The van der Waals surface area contributed by atoms with Crippen molar-refractivity contribution in [2.45, 2.75) is 39.0 Å². The zero-order chi connectivity index (χ0) is 15.7. The van der Waals surface area contributed by atoms with Gasteiger partial charge >= 0.3 is 0 Å². The Kier molecular flexibility index (Phi) is 7.17. The molecule has 0 aromatic heterocycles. The van der Waals surface area contributed by atoms with E-state index in [-0.39, 0.29) is 24.5 Å². The number of carbonyl (C=O) groups is 2. The van der Waals surface area contributed by atoms with Crippen molar-refractivity contribution in [3.05, 3.63) is 35.4 Å². The van der Waals surface area contributed by atoms with Crippen LogP contribution in [0.25, 0.3) is 0 Å². The number of Topliss-reactive ketones (excluding diaryl/α,β-unsaturated/α-hetero) is 1. The smallest absolute Gasteiger partial charge is 0.222 e. The van der Waals surface area contributed by atoms with Gasteiger partial charge in [0, 0.05) is 32.0 Å². The Morgan fingerprint density at radius 3 is 2.43 bits per heavy atom. The van der Waals surface area contributed by atoms with Crippen LogP contribution in [0.4, 0.5) is 0 Å². The second kappa shape index (κ2) is 8.91. The summed E-state index contributed by atoms with van der Waals surface area (Å²) in [5.41, 5.74) is 1.88. The maximum atomic E-state index is 12.0. The number of ketones is 1. The SMILES string of the molecule is CCCc1ccc(C(=O)CCC(=O)N(C)CCC#N)cc1. The third-order valence-electron chi connectivity index (χ3n) is 3.37. The monoisotopic (exact) mass is 286 g/mol. The average Bonchev–Trinajstić information content (AvgIpc) is 2.50. The molecule has 0 aliphatic rings. The summed E-state index contributed by atoms with van der Waals surface area (Å²) in [6, 6.07) is 9.60. The Hall–Kier alpha value is -2.15. The van der Waals surface area contributed by atoms with E-state index in [2.05, 4.69) is 6.92 Å². The van der Waals surface area contributed by atoms with Crippen molar-refractivity contribution in [2.75, 3.05) is 13.6 Å². The Bertz CT molecular complexity index is 515. The molecule has 1 amide bonds. The van der Waals surface area contributed by atoms with Crippen molar-refractivity contribution in [2.24, 2.45) is 0 Å². The molecule has 1 aromatic carbocycles. The third-order valence-corrected chi connectivity index (χ3v) is 3.37. The molecule has 0 bridgehead atoms. The summed E-state index contributed by atoms with van der Waals surface area (Å²) in [6.45, 7) is 2.53. The number of nitriles is 1. The van der Waals surface area contributed by atoms with Gasteiger partial charge in [-0.25, -0.2) is 0 Å². The Balaban J connectivity index is 2.46. The fourth-order valence-corrected chi connectivity index (χ4v) is 2.04. The van der Waals surface area contributed by atoms with Crippen LogP contribution < -0.4 is 0 Å². The first-order valence-electron chi connectivity index (χ1n) is 7.31. The molecule has 0 aliphatic heterocycles. The lowest BCUT2D eigenvalue weighted by Crippen LogP contribution is -2.27. The Labute approximate surface area is 126 Å². The number of carbonyl (C=O) groups excluding carboxylic acids is 2. The molecule has 1 aromatic rings. The molecule has 0 unspecified atom stereocenters. The largest absolute Gasteiger partial charge is 0.345 e. The maximum absolute atomic E-state index is 12.0. The predicted octanol–water partition coefficient (Wildman–Crippen LogP) is 2.97. The predicted molar refractivity (Wildman–Crippen MR) is 81.9 cm³/mol. The quantitative estimate of drug-likeness (QED) is 0.690. The van der Waals surface area contributed by atoms with Gasteiger partial charge in [-0.3, -0.25) is 9.59 Å². The van der Waals surface area contributed by atoms with Gasteiger partial charge in [0.25, 0.3) is 0 Å². The van der Waals surface area contributed by atoms with Crippen LogP contribution in [0.1, 0.15) is 48.5 Å². The molecule has 0 N–H and O–H groups in total. The van der Waals surface area contributed by atoms with Gasteiger partial charge < -0.3 is 4.90 Å². The van der Waals surface area contributed by atoms with Gasteiger partial charge in [-0.15, -0.1) is 0 Å². The number of amides is 1. The fourth-order valence-electron chi connectivity index (χ4n) is 2.04. The highest BCUT2D eigenvalue weighted by molar-refractivity contribution is 5.97. The first-order chi connectivity index (χ1) is 10.1. The topological polar surface area (TPSA) is 61.2 Å². The molecule has 0 saturated heterocycles. The van der Waals surface area contributed by atoms with Gasteiger partial charge in [-0.2, -0.15) is 5.26 Å². The van der Waals surface area contributed by atoms with E-state index in [9.17, 15) is 9.59 Å². The first kappa shape index (κ1) is 16.9. The first-order valence-corrected chi connectivity index (χ1v) is 7.31. The number of hydrogen-bond acceptors (Lipinski definition) is 3. The van der Waals surface area contributed by atoms with Crippen LogP contribution in [0.3, 0.4) is 0 Å². The van der Waals surface area contributed by atoms with Gasteiger partial charge in [0.05, 0.1) is 12.5 Å². The van der Waals surface area contributed by atoms with Gasteiger partial charge in [-0.1, -0.05) is 37.6 Å². The van der Waals surface area contributed by atoms with Crippen LogP contribution in [0.5, 0.6) is 0 Å². The van der Waals surface area contributed by atoms with Crippen molar-refractivity contribution >= 4 is 11.7 Å². The molecule has 0 atom stereocenters. The molecule has 4 heteroatoms. The van der Waals surface area contributed by atoms with E-state index in [0.29, 0.717) is 18.5 Å². The highest BCUT2D eigenvalue weighted by Gasteiger charge is 2.12. The second-order valence-corrected chi connectivity index (χ2v) is 5.09. The summed E-state index contributed by atoms with van der Waals surface area (Å²) in [4.78, 5) is 25.3. The van der Waals surface area contributed by atoms with Gasteiger partial charge in [0.2, 0.25) is 5.91 Å². The standard InChI is InChI=1S/C17H22N2O2/c1-3-5-14-6-8-15(9-7-14)16(20)10-11-17(21)19(2)13-4-12-18/h6-9H,3-5,10-11,13H2,1-2H3. The number of nitrogens with zero attached hydrogens (tertiary/aromatic N) is 2. The van der Waals surface area contributed by atoms with Crippen LogP contribution in [0.2, 0.25) is 0 Å². The molecule has 0 saturated carbocycles. The summed E-state index contributed by atoms with van der Waals surface area (Å²) in [6.07, 6.45) is 2.81. The van der Waals surface area contributed by atoms with Crippen LogP contribution in [-0.2, 0) is 11.2 Å². The maximum Gasteiger partial charge on any atom is 0.222 e. The molecule has 0 heterocycles. The summed E-state index contributed by atoms with van der Waals surface area (Å²) in [7, 11) is 1.66. The van der Waals surface area contributed by atoms with Gasteiger partial charge in [0.15, 0.2) is 5.78 Å². The summed E-state index contributed by atoms with van der Waals surface area (Å²) >= 11 is 0. The van der Waals surface area contributed by atoms with Gasteiger partial charge in [0.1, 0.15) is 0 Å². The van der Waals surface area contributed by atoms with Crippen LogP contribution >= 0.6 is 0 Å². The van der Waals surface area contributed by atoms with Crippen molar-refractivity contribution in [3.63, 3.8) is 0 Å². The van der Waals surface area contributed by atoms with E-state index < -0.39 is 0 Å². The van der Waals surface area contributed by atoms with E-state index in [1.54, 1.807) is 7.05 Å². The van der Waals surface area contributed by atoms with E-state index in [0.717, 1.165) is 12.8 Å². The van der Waals surface area contributed by atoms with Crippen molar-refractivity contribution in [1.82, 2.24) is 4.90 Å². The zero-order valence-electron chi connectivity index (χ0n) is 12.8. The molecule has 0 spiro atoms.